The monoisotopic (exact) mass is 263 g/mol. The Balaban J connectivity index is 2.24. The summed E-state index contributed by atoms with van der Waals surface area (Å²) in [5.74, 6) is -0.687. The molecule has 0 bridgehead atoms. The van der Waals surface area contributed by atoms with Gasteiger partial charge in [0, 0.05) is 12.6 Å². The number of carbonyl (C=O) groups is 2. The number of ether oxygens (including phenoxy) is 2. The van der Waals surface area contributed by atoms with Crippen molar-refractivity contribution in [3.8, 4) is 0 Å². The van der Waals surface area contributed by atoms with Crippen molar-refractivity contribution in [2.24, 2.45) is 0 Å². The van der Waals surface area contributed by atoms with E-state index in [1.165, 1.54) is 0 Å². The Kier molecular flexibility index (Phi) is 4.04. The van der Waals surface area contributed by atoms with Crippen molar-refractivity contribution < 1.29 is 19.1 Å². The highest BCUT2D eigenvalue weighted by atomic mass is 16.5. The van der Waals surface area contributed by atoms with Gasteiger partial charge in [0.25, 0.3) is 0 Å². The molecule has 0 radical (unpaired) electrons. The van der Waals surface area contributed by atoms with E-state index in [-0.39, 0.29) is 11.9 Å². The van der Waals surface area contributed by atoms with E-state index >= 15 is 0 Å². The highest BCUT2D eigenvalue weighted by Crippen LogP contribution is 2.33. The third-order valence-corrected chi connectivity index (χ3v) is 3.01. The molecule has 1 atom stereocenters. The minimum Gasteiger partial charge on any atom is -0.464 e. The van der Waals surface area contributed by atoms with E-state index in [9.17, 15) is 9.59 Å². The van der Waals surface area contributed by atoms with Crippen molar-refractivity contribution >= 4 is 11.9 Å². The van der Waals surface area contributed by atoms with Gasteiger partial charge in [0.15, 0.2) is 0 Å². The Labute approximate surface area is 112 Å². The van der Waals surface area contributed by atoms with Crippen LogP contribution in [0.5, 0.6) is 0 Å². The van der Waals surface area contributed by atoms with Crippen LogP contribution in [-0.2, 0) is 19.1 Å². The number of fused-ring (bicyclic) bond motifs is 1. The van der Waals surface area contributed by atoms with Gasteiger partial charge in [-0.15, -0.1) is 0 Å². The van der Waals surface area contributed by atoms with E-state index in [4.69, 9.17) is 9.47 Å². The molecule has 0 saturated heterocycles. The number of hydrogen-bond donors (Lipinski definition) is 0. The lowest BCUT2D eigenvalue weighted by atomic mass is 10.1. The molecule has 2 aliphatic heterocycles. The van der Waals surface area contributed by atoms with Crippen LogP contribution in [0.25, 0.3) is 0 Å². The van der Waals surface area contributed by atoms with E-state index in [1.807, 2.05) is 18.2 Å². The molecule has 0 saturated carbocycles. The molecule has 2 rings (SSSR count). The number of allylic oxidation sites excluding steroid dienone is 3. The Morgan fingerprint density at radius 1 is 1.26 bits per heavy atom. The van der Waals surface area contributed by atoms with Gasteiger partial charge >= 0.3 is 11.9 Å². The summed E-state index contributed by atoms with van der Waals surface area (Å²) >= 11 is 0. The number of rotatable bonds is 4. The van der Waals surface area contributed by atoms with Gasteiger partial charge in [-0.1, -0.05) is 6.08 Å². The summed E-state index contributed by atoms with van der Waals surface area (Å²) in [6.45, 7) is 4.17. The van der Waals surface area contributed by atoms with Gasteiger partial charge in [0.1, 0.15) is 6.04 Å². The highest BCUT2D eigenvalue weighted by molar-refractivity contribution is 5.93. The molecule has 0 aromatic carbocycles. The molecule has 2 heterocycles. The maximum absolute atomic E-state index is 11.9. The lowest BCUT2D eigenvalue weighted by Gasteiger charge is -2.24. The molecule has 0 N–H and O–H groups in total. The topological polar surface area (TPSA) is 55.8 Å². The SMILES string of the molecule is CCOC(=O)C1=C2C=CC=CN2C(C(=O)OCC)C1. The van der Waals surface area contributed by atoms with Crippen LogP contribution in [0.2, 0.25) is 0 Å². The molecular formula is C14H17NO4. The fourth-order valence-electron chi connectivity index (χ4n) is 2.22. The van der Waals surface area contributed by atoms with Gasteiger partial charge < -0.3 is 14.4 Å². The Morgan fingerprint density at radius 3 is 2.68 bits per heavy atom. The van der Waals surface area contributed by atoms with E-state index in [0.717, 1.165) is 5.70 Å². The minimum absolute atomic E-state index is 0.319. The van der Waals surface area contributed by atoms with E-state index in [2.05, 4.69) is 0 Å². The van der Waals surface area contributed by atoms with Crippen LogP contribution in [0.4, 0.5) is 0 Å². The van der Waals surface area contributed by atoms with Crippen molar-refractivity contribution in [2.75, 3.05) is 13.2 Å². The molecule has 0 aliphatic carbocycles. The quantitative estimate of drug-likeness (QED) is 0.720. The average Bonchev–Trinajstić information content (AvgIpc) is 2.79. The fraction of sp³-hybridized carbons (Fsp3) is 0.429. The molecule has 2 aliphatic rings. The molecule has 1 unspecified atom stereocenters. The van der Waals surface area contributed by atoms with E-state index in [0.29, 0.717) is 25.2 Å². The summed E-state index contributed by atoms with van der Waals surface area (Å²) in [5.41, 5.74) is 1.25. The zero-order valence-electron chi connectivity index (χ0n) is 11.1. The van der Waals surface area contributed by atoms with E-state index in [1.54, 1.807) is 24.9 Å². The van der Waals surface area contributed by atoms with Gasteiger partial charge in [0.05, 0.1) is 24.5 Å². The van der Waals surface area contributed by atoms with Crippen molar-refractivity contribution in [1.82, 2.24) is 4.90 Å². The van der Waals surface area contributed by atoms with Crippen LogP contribution in [-0.4, -0.2) is 36.1 Å². The Bertz CT molecular complexity index is 476. The number of nitrogens with zero attached hydrogens (tertiary/aromatic N) is 1. The summed E-state index contributed by atoms with van der Waals surface area (Å²) in [6, 6.07) is -0.476. The third kappa shape index (κ3) is 2.54. The number of hydrogen-bond acceptors (Lipinski definition) is 5. The summed E-state index contributed by atoms with van der Waals surface area (Å²) in [6.07, 6.45) is 7.57. The zero-order chi connectivity index (χ0) is 13.8. The summed E-state index contributed by atoms with van der Waals surface area (Å²) in [4.78, 5) is 25.6. The van der Waals surface area contributed by atoms with Crippen LogP contribution in [0, 0.1) is 0 Å². The van der Waals surface area contributed by atoms with Crippen LogP contribution < -0.4 is 0 Å². The maximum Gasteiger partial charge on any atom is 0.336 e. The van der Waals surface area contributed by atoms with Crippen LogP contribution in [0.3, 0.4) is 0 Å². The van der Waals surface area contributed by atoms with Gasteiger partial charge in [-0.3, -0.25) is 0 Å². The summed E-state index contributed by atoms with van der Waals surface area (Å²) < 4.78 is 10.1. The molecule has 5 heteroatoms. The Morgan fingerprint density at radius 2 is 2.00 bits per heavy atom. The van der Waals surface area contributed by atoms with Crippen LogP contribution in [0.15, 0.2) is 35.7 Å². The largest absolute Gasteiger partial charge is 0.464 e. The van der Waals surface area contributed by atoms with E-state index < -0.39 is 6.04 Å². The minimum atomic E-state index is -0.476. The van der Waals surface area contributed by atoms with Gasteiger partial charge in [0.2, 0.25) is 0 Å². The first kappa shape index (κ1) is 13.4. The second-order valence-corrected chi connectivity index (χ2v) is 4.16. The second-order valence-electron chi connectivity index (χ2n) is 4.16. The predicted octanol–water partition coefficient (Wildman–Crippen LogP) is 1.52. The molecule has 0 spiro atoms. The smallest absolute Gasteiger partial charge is 0.336 e. The predicted molar refractivity (Wildman–Crippen MR) is 68.8 cm³/mol. The molecule has 102 valence electrons. The van der Waals surface area contributed by atoms with Gasteiger partial charge in [-0.05, 0) is 26.0 Å². The summed E-state index contributed by atoms with van der Waals surface area (Å²) in [7, 11) is 0. The normalized spacial score (nSPS) is 20.5. The summed E-state index contributed by atoms with van der Waals surface area (Å²) in [5, 5.41) is 0. The van der Waals surface area contributed by atoms with Crippen LogP contribution >= 0.6 is 0 Å². The number of esters is 2. The first-order chi connectivity index (χ1) is 9.19. The molecule has 0 fully saturated rings. The van der Waals surface area contributed by atoms with Crippen molar-refractivity contribution in [3.63, 3.8) is 0 Å². The second kappa shape index (κ2) is 5.73. The number of carbonyl (C=O) groups excluding carboxylic acids is 2. The lowest BCUT2D eigenvalue weighted by Crippen LogP contribution is -2.34. The van der Waals surface area contributed by atoms with Gasteiger partial charge in [-0.2, -0.15) is 0 Å². The third-order valence-electron chi connectivity index (χ3n) is 3.01. The first-order valence-corrected chi connectivity index (χ1v) is 6.39. The fourth-order valence-corrected chi connectivity index (χ4v) is 2.22. The zero-order valence-corrected chi connectivity index (χ0v) is 11.1. The lowest BCUT2D eigenvalue weighted by molar-refractivity contribution is -0.147. The molecule has 0 aromatic rings. The Hall–Kier alpha value is -2.04. The molecule has 0 aromatic heterocycles. The standard InChI is InChI=1S/C14H17NO4/c1-3-18-13(16)10-9-12(14(17)19-4-2)15-8-6-5-7-11(10)15/h5-8,12H,3-4,9H2,1-2H3. The highest BCUT2D eigenvalue weighted by Gasteiger charge is 2.39. The van der Waals surface area contributed by atoms with Gasteiger partial charge in [-0.25, -0.2) is 9.59 Å². The van der Waals surface area contributed by atoms with Crippen molar-refractivity contribution in [3.05, 3.63) is 35.7 Å². The molecule has 5 nitrogen and oxygen atoms in total. The van der Waals surface area contributed by atoms with Crippen molar-refractivity contribution in [2.45, 2.75) is 26.3 Å². The molecule has 0 amide bonds. The first-order valence-electron chi connectivity index (χ1n) is 6.39. The average molecular weight is 263 g/mol. The maximum atomic E-state index is 11.9. The molecule has 19 heavy (non-hydrogen) atoms. The van der Waals surface area contributed by atoms with Crippen molar-refractivity contribution in [1.29, 1.82) is 0 Å². The molecular weight excluding hydrogens is 246 g/mol. The van der Waals surface area contributed by atoms with Crippen LogP contribution in [0.1, 0.15) is 20.3 Å².